The van der Waals surface area contributed by atoms with Gasteiger partial charge in [-0.3, -0.25) is 23.7 Å². The van der Waals surface area contributed by atoms with Crippen molar-refractivity contribution in [3.63, 3.8) is 0 Å². The van der Waals surface area contributed by atoms with Crippen LogP contribution < -0.4 is 0 Å². The van der Waals surface area contributed by atoms with Crippen LogP contribution in [0.15, 0.2) is 47.6 Å². The Morgan fingerprint density at radius 3 is 2.22 bits per heavy atom. The van der Waals surface area contributed by atoms with Crippen LogP contribution in [0.1, 0.15) is 126 Å². The smallest absolute Gasteiger partial charge is 0.329 e. The molecule has 3 fully saturated rings. The molecule has 2 saturated heterocycles. The summed E-state index contributed by atoms with van der Waals surface area (Å²) in [6, 6.07) is -1.16. The Hall–Kier alpha value is -3.14. The normalized spacial score (nSPS) is 39.0. The summed E-state index contributed by atoms with van der Waals surface area (Å²) in [7, 11) is 1.76. The third-order valence-corrected chi connectivity index (χ3v) is 15.6. The van der Waals surface area contributed by atoms with E-state index in [0.29, 0.717) is 63.4 Å². The number of aliphatic hydroxyl groups excluding tert-OH is 1. The van der Waals surface area contributed by atoms with Gasteiger partial charge in [0, 0.05) is 71.8 Å². The lowest BCUT2D eigenvalue weighted by Gasteiger charge is -2.42. The van der Waals surface area contributed by atoms with Gasteiger partial charge in [0.2, 0.25) is 5.79 Å². The lowest BCUT2D eigenvalue weighted by Crippen LogP contribution is -2.61. The zero-order valence-electron chi connectivity index (χ0n) is 43.4. The van der Waals surface area contributed by atoms with Crippen molar-refractivity contribution < 1.29 is 67.0 Å². The molecule has 0 aromatic carbocycles. The number of fused-ring (bicyclic) bond motifs is 3. The number of cyclic esters (lactones) is 1. The maximum absolute atomic E-state index is 14.5. The Morgan fingerprint density at radius 1 is 0.855 bits per heavy atom. The summed E-state index contributed by atoms with van der Waals surface area (Å²) in [5.41, 5.74) is 1.25. The molecule has 3 aliphatic heterocycles. The molecule has 2 N–H and O–H groups in total. The number of hydrogen-bond acceptors (Lipinski definition) is 14. The number of carbonyl (C=O) groups is 5. The van der Waals surface area contributed by atoms with E-state index in [-0.39, 0.29) is 60.9 Å². The van der Waals surface area contributed by atoms with Crippen molar-refractivity contribution in [2.75, 3.05) is 41.2 Å². The average molecular weight is 990 g/mol. The Labute approximate surface area is 411 Å². The maximum atomic E-state index is 14.5. The van der Waals surface area contributed by atoms with Gasteiger partial charge in [0.05, 0.1) is 24.4 Å². The number of piperidine rings is 1. The van der Waals surface area contributed by atoms with Gasteiger partial charge in [-0.1, -0.05) is 71.1 Å². The molecule has 15 atom stereocenters. The Balaban J connectivity index is 1.70. The highest BCUT2D eigenvalue weighted by Crippen LogP contribution is 2.45. The number of esters is 1. The van der Waals surface area contributed by atoms with Crippen molar-refractivity contribution in [3.05, 3.63) is 47.6 Å². The summed E-state index contributed by atoms with van der Waals surface area (Å²) >= 11 is 0. The second-order valence-corrected chi connectivity index (χ2v) is 23.6. The summed E-state index contributed by atoms with van der Waals surface area (Å²) in [4.78, 5) is 72.2. The number of ketones is 3. The van der Waals surface area contributed by atoms with Crippen molar-refractivity contribution in [3.8, 4) is 0 Å². The minimum absolute atomic E-state index is 0.0117. The highest BCUT2D eigenvalue weighted by Gasteiger charge is 2.53. The summed E-state index contributed by atoms with van der Waals surface area (Å²) in [6.45, 7) is 15.9. The van der Waals surface area contributed by atoms with Crippen LogP contribution in [-0.4, -0.2) is 140 Å². The van der Waals surface area contributed by atoms with E-state index < -0.39 is 85.1 Å². The third kappa shape index (κ3) is 16.2. The van der Waals surface area contributed by atoms with Crippen LogP contribution >= 0.6 is 7.37 Å². The van der Waals surface area contributed by atoms with Crippen LogP contribution in [0.4, 0.5) is 0 Å². The van der Waals surface area contributed by atoms with E-state index in [2.05, 4.69) is 0 Å². The standard InChI is InChI=1S/C53H84NO14P/c1-32-18-14-13-15-19-33(2)44(63-8)30-40-23-21-38(7)53(61,67-40)50(58)51(59)54-25-17-16-20-41(54)52(60)66-45(35(4)28-39-22-24-43(46(29-39)64-9)68-69(11,12)62)31-42(55)34(3)27-37(6)48(57)49(65-10)47(56)36(5)26-32/h13-15,18-19,27,32,34-36,38-41,43-46,48-49,57,61H,16-17,20-26,28-31H2,1-12H3/b15-13+,18-14+,33-19+,37-27+/t32-,34-,35-,36-,38-,39+,40-,41+,43+,44+,45+,46-,48-,49+,53-/m1/s1. The van der Waals surface area contributed by atoms with E-state index in [1.807, 2.05) is 58.1 Å². The first kappa shape index (κ1) is 58.4. The van der Waals surface area contributed by atoms with Gasteiger partial charge >= 0.3 is 5.97 Å². The lowest BCUT2D eigenvalue weighted by molar-refractivity contribution is -0.265. The molecule has 0 radical (unpaired) electrons. The van der Waals surface area contributed by atoms with Crippen LogP contribution in [-0.2, 0) is 56.7 Å². The van der Waals surface area contributed by atoms with E-state index in [1.54, 1.807) is 54.4 Å². The van der Waals surface area contributed by atoms with Gasteiger partial charge in [0.15, 0.2) is 13.2 Å². The van der Waals surface area contributed by atoms with Crippen molar-refractivity contribution in [2.45, 2.75) is 180 Å². The molecule has 1 saturated carbocycles. The SMILES string of the molecule is CO[C@H]1C[C@H]2CC[C@@H](C)[C@@](O)(O2)C(=O)C(=O)N2CCCC[C@H]2C(=O)O[C@H]([C@H](C)C[C@@H]2CC[C@H](OP(C)(C)=O)[C@H](OC)C2)CC(=O)[C@H](C)/C=C(\C)[C@@H](O)[C@@H](OC)C(=O)[C@H](C)C[C@H](C)/C=C/C=C/C=C/1C. The molecule has 2 bridgehead atoms. The molecule has 15 nitrogen and oxygen atoms in total. The van der Waals surface area contributed by atoms with Crippen LogP contribution in [0.25, 0.3) is 0 Å². The number of methoxy groups -OCH3 is 3. The summed E-state index contributed by atoms with van der Waals surface area (Å²) < 4.78 is 48.2. The second kappa shape index (κ2) is 26.5. The van der Waals surface area contributed by atoms with Crippen LogP contribution in [0.3, 0.4) is 0 Å². The molecular weight excluding hydrogens is 906 g/mol. The van der Waals surface area contributed by atoms with Crippen LogP contribution in [0, 0.1) is 35.5 Å². The minimum Gasteiger partial charge on any atom is -0.460 e. The third-order valence-electron chi connectivity index (χ3n) is 14.8. The van der Waals surface area contributed by atoms with Crippen LogP contribution in [0.2, 0.25) is 0 Å². The van der Waals surface area contributed by atoms with Gasteiger partial charge in [0.25, 0.3) is 11.7 Å². The Kier molecular flexibility index (Phi) is 22.5. The van der Waals surface area contributed by atoms with E-state index in [1.165, 1.54) is 12.0 Å². The maximum Gasteiger partial charge on any atom is 0.329 e. The number of amides is 1. The number of ether oxygens (including phenoxy) is 5. The van der Waals surface area contributed by atoms with E-state index in [4.69, 9.17) is 28.2 Å². The van der Waals surface area contributed by atoms with E-state index in [9.17, 15) is 38.8 Å². The molecule has 0 unspecified atom stereocenters. The molecule has 1 aliphatic carbocycles. The first-order valence-electron chi connectivity index (χ1n) is 25.2. The number of hydrogen-bond donors (Lipinski definition) is 2. The quantitative estimate of drug-likeness (QED) is 0.104. The number of nitrogens with zero attached hydrogens (tertiary/aromatic N) is 1. The van der Waals surface area contributed by atoms with Crippen molar-refractivity contribution in [2.24, 2.45) is 35.5 Å². The molecule has 4 aliphatic rings. The Morgan fingerprint density at radius 2 is 1.57 bits per heavy atom. The molecule has 16 heteroatoms. The topological polar surface area (TPSA) is 201 Å². The summed E-state index contributed by atoms with van der Waals surface area (Å²) in [5, 5.41) is 23.5. The van der Waals surface area contributed by atoms with Gasteiger partial charge in [-0.2, -0.15) is 0 Å². The highest BCUT2D eigenvalue weighted by atomic mass is 31.2. The monoisotopic (exact) mass is 990 g/mol. The zero-order valence-corrected chi connectivity index (χ0v) is 44.3. The Bertz CT molecular complexity index is 1940. The predicted molar refractivity (Wildman–Crippen MR) is 263 cm³/mol. The minimum atomic E-state index is -2.79. The fourth-order valence-electron chi connectivity index (χ4n) is 10.5. The number of aliphatic hydroxyl groups is 2. The van der Waals surface area contributed by atoms with Gasteiger partial charge < -0.3 is 43.3 Å². The highest BCUT2D eigenvalue weighted by molar-refractivity contribution is 7.57. The van der Waals surface area contributed by atoms with Crippen LogP contribution in [0.5, 0.6) is 0 Å². The zero-order chi connectivity index (χ0) is 51.4. The fraction of sp³-hybridized carbons (Fsp3) is 0.755. The van der Waals surface area contributed by atoms with Gasteiger partial charge in [-0.25, -0.2) is 4.79 Å². The molecule has 0 aromatic heterocycles. The summed E-state index contributed by atoms with van der Waals surface area (Å²) in [6.07, 6.45) is 11.4. The van der Waals surface area contributed by atoms with Crippen molar-refractivity contribution in [1.29, 1.82) is 0 Å². The molecule has 0 spiro atoms. The summed E-state index contributed by atoms with van der Waals surface area (Å²) in [5.74, 6) is -8.11. The first-order chi connectivity index (χ1) is 32.4. The molecular formula is C53H84NO14P. The van der Waals surface area contributed by atoms with Gasteiger partial charge in [0.1, 0.15) is 30.1 Å². The van der Waals surface area contributed by atoms with Crippen molar-refractivity contribution >= 4 is 36.6 Å². The van der Waals surface area contributed by atoms with Crippen molar-refractivity contribution in [1.82, 2.24) is 4.90 Å². The van der Waals surface area contributed by atoms with Gasteiger partial charge in [-0.15, -0.1) is 0 Å². The predicted octanol–water partition coefficient (Wildman–Crippen LogP) is 7.74. The second-order valence-electron chi connectivity index (χ2n) is 20.9. The molecule has 390 valence electrons. The fourth-order valence-corrected chi connectivity index (χ4v) is 11.4. The first-order valence-corrected chi connectivity index (χ1v) is 27.7. The molecule has 1 amide bonds. The number of carbonyl (C=O) groups excluding carboxylic acids is 5. The average Bonchev–Trinajstić information content (AvgIpc) is 3.30. The number of allylic oxidation sites excluding steroid dienone is 6. The lowest BCUT2D eigenvalue weighted by atomic mass is 9.78. The number of Topliss-reactive ketones (excluding diaryl/α,β-unsaturated/α-hetero) is 3. The van der Waals surface area contributed by atoms with E-state index >= 15 is 0 Å². The van der Waals surface area contributed by atoms with Gasteiger partial charge in [-0.05, 0) is 107 Å². The molecule has 3 heterocycles. The number of rotatable bonds is 8. The molecule has 69 heavy (non-hydrogen) atoms. The molecule has 0 aromatic rings. The molecule has 4 rings (SSSR count). The largest absolute Gasteiger partial charge is 0.460 e. The van der Waals surface area contributed by atoms with E-state index in [0.717, 1.165) is 12.0 Å².